The summed E-state index contributed by atoms with van der Waals surface area (Å²) < 4.78 is 0. The molecule has 2 saturated heterocycles. The number of rotatable bonds is 5. The summed E-state index contributed by atoms with van der Waals surface area (Å²) in [6.07, 6.45) is 4.86. The number of amides is 1. The predicted molar refractivity (Wildman–Crippen MR) is 76.9 cm³/mol. The molecule has 0 aromatic rings. The number of primary amides is 1. The molecule has 0 aliphatic carbocycles. The van der Waals surface area contributed by atoms with Crippen LogP contribution in [0.25, 0.3) is 0 Å². The summed E-state index contributed by atoms with van der Waals surface area (Å²) in [4.78, 5) is 16.4. The average Bonchev–Trinajstić information content (AvgIpc) is 2.39. The second kappa shape index (κ2) is 6.68. The Labute approximate surface area is 116 Å². The maximum atomic E-state index is 11.2. The first-order chi connectivity index (χ1) is 9.11. The van der Waals surface area contributed by atoms with Gasteiger partial charge in [-0.3, -0.25) is 14.6 Å². The number of hydrogen-bond donors (Lipinski definition) is 2. The molecule has 0 aromatic heterocycles. The standard InChI is InChI=1S/C14H28N4O/c1-11-9-18-7-4-3-5-12(18)10-17(11)8-6-13(16-2)14(15)19/h11-13,16H,3-10H2,1-2H3,(H2,15,19). The highest BCUT2D eigenvalue weighted by Crippen LogP contribution is 2.24. The topological polar surface area (TPSA) is 61.6 Å². The number of carbonyl (C=O) groups excluding carboxylic acids is 1. The SMILES string of the molecule is CNC(CCN1CC2CCCCN2CC1C)C(N)=O. The summed E-state index contributed by atoms with van der Waals surface area (Å²) in [5.74, 6) is -0.244. The summed E-state index contributed by atoms with van der Waals surface area (Å²) in [6, 6.07) is 1.11. The van der Waals surface area contributed by atoms with Crippen molar-refractivity contribution in [2.24, 2.45) is 5.73 Å². The molecule has 2 rings (SSSR count). The molecule has 0 aromatic carbocycles. The molecule has 3 N–H and O–H groups in total. The van der Waals surface area contributed by atoms with Crippen LogP contribution in [0.15, 0.2) is 0 Å². The summed E-state index contributed by atoms with van der Waals surface area (Å²) in [5.41, 5.74) is 5.38. The van der Waals surface area contributed by atoms with Crippen LogP contribution in [0.1, 0.15) is 32.6 Å². The maximum absolute atomic E-state index is 11.2. The number of carbonyl (C=O) groups is 1. The zero-order chi connectivity index (χ0) is 13.8. The number of nitrogens with zero attached hydrogens (tertiary/aromatic N) is 2. The Morgan fingerprint density at radius 3 is 2.89 bits per heavy atom. The van der Waals surface area contributed by atoms with Gasteiger partial charge in [0.15, 0.2) is 0 Å². The summed E-state index contributed by atoms with van der Waals surface area (Å²) >= 11 is 0. The third-order valence-corrected chi connectivity index (χ3v) is 4.71. The lowest BCUT2D eigenvalue weighted by atomic mass is 9.97. The van der Waals surface area contributed by atoms with Crippen LogP contribution in [0.2, 0.25) is 0 Å². The molecule has 1 amide bonds. The molecule has 2 aliphatic rings. The van der Waals surface area contributed by atoms with Crippen LogP contribution in [-0.4, -0.2) is 67.1 Å². The number of nitrogens with one attached hydrogen (secondary N) is 1. The molecule has 5 heteroatoms. The first kappa shape index (κ1) is 14.8. The van der Waals surface area contributed by atoms with Gasteiger partial charge in [-0.05, 0) is 39.8 Å². The smallest absolute Gasteiger partial charge is 0.234 e. The van der Waals surface area contributed by atoms with Crippen LogP contribution < -0.4 is 11.1 Å². The van der Waals surface area contributed by atoms with E-state index in [-0.39, 0.29) is 11.9 Å². The van der Waals surface area contributed by atoms with Gasteiger partial charge in [-0.15, -0.1) is 0 Å². The van der Waals surface area contributed by atoms with E-state index < -0.39 is 0 Å². The van der Waals surface area contributed by atoms with Crippen LogP contribution >= 0.6 is 0 Å². The first-order valence-electron chi connectivity index (χ1n) is 7.56. The molecule has 0 saturated carbocycles. The monoisotopic (exact) mass is 268 g/mol. The molecule has 3 unspecified atom stereocenters. The largest absolute Gasteiger partial charge is 0.368 e. The average molecular weight is 268 g/mol. The van der Waals surface area contributed by atoms with Crippen LogP contribution in [0.4, 0.5) is 0 Å². The van der Waals surface area contributed by atoms with Crippen LogP contribution in [0.3, 0.4) is 0 Å². The Morgan fingerprint density at radius 1 is 1.42 bits per heavy atom. The zero-order valence-electron chi connectivity index (χ0n) is 12.3. The number of piperidine rings is 1. The number of piperazine rings is 1. The molecular weight excluding hydrogens is 240 g/mol. The number of hydrogen-bond acceptors (Lipinski definition) is 4. The Morgan fingerprint density at radius 2 is 2.21 bits per heavy atom. The molecule has 19 heavy (non-hydrogen) atoms. The van der Waals surface area contributed by atoms with Crippen LogP contribution in [-0.2, 0) is 4.79 Å². The van der Waals surface area contributed by atoms with E-state index in [1.807, 2.05) is 0 Å². The van der Waals surface area contributed by atoms with Crippen molar-refractivity contribution in [2.45, 2.75) is 50.7 Å². The fourth-order valence-corrected chi connectivity index (χ4v) is 3.45. The lowest BCUT2D eigenvalue weighted by Gasteiger charge is -2.47. The quantitative estimate of drug-likeness (QED) is 0.737. The number of nitrogens with two attached hydrogens (primary N) is 1. The predicted octanol–water partition coefficient (Wildman–Crippen LogP) is 0.00840. The molecular formula is C14H28N4O. The minimum Gasteiger partial charge on any atom is -0.368 e. The molecule has 0 spiro atoms. The Bertz CT molecular complexity index is 310. The Hall–Kier alpha value is -0.650. The fraction of sp³-hybridized carbons (Fsp3) is 0.929. The van der Waals surface area contributed by atoms with Gasteiger partial charge in [0.2, 0.25) is 5.91 Å². The van der Waals surface area contributed by atoms with Crippen molar-refractivity contribution < 1.29 is 4.79 Å². The van der Waals surface area contributed by atoms with E-state index in [1.54, 1.807) is 7.05 Å². The van der Waals surface area contributed by atoms with E-state index in [2.05, 4.69) is 22.0 Å². The van der Waals surface area contributed by atoms with E-state index >= 15 is 0 Å². The molecule has 0 bridgehead atoms. The van der Waals surface area contributed by atoms with E-state index in [9.17, 15) is 4.79 Å². The first-order valence-corrected chi connectivity index (χ1v) is 7.56. The highest BCUT2D eigenvalue weighted by molar-refractivity contribution is 5.79. The molecule has 0 radical (unpaired) electrons. The second-order valence-corrected chi connectivity index (χ2v) is 6.02. The minimum absolute atomic E-state index is 0.198. The van der Waals surface area contributed by atoms with Gasteiger partial charge < -0.3 is 11.1 Å². The fourth-order valence-electron chi connectivity index (χ4n) is 3.45. The van der Waals surface area contributed by atoms with Crippen LogP contribution in [0.5, 0.6) is 0 Å². The Balaban J connectivity index is 1.84. The van der Waals surface area contributed by atoms with E-state index in [1.165, 1.54) is 32.4 Å². The van der Waals surface area contributed by atoms with Gasteiger partial charge in [0, 0.05) is 31.7 Å². The minimum atomic E-state index is -0.244. The van der Waals surface area contributed by atoms with Crippen molar-refractivity contribution in [3.05, 3.63) is 0 Å². The van der Waals surface area contributed by atoms with Crippen molar-refractivity contribution in [2.75, 3.05) is 33.2 Å². The Kier molecular flexibility index (Phi) is 5.19. The normalized spacial score (nSPS) is 30.8. The zero-order valence-corrected chi connectivity index (χ0v) is 12.3. The van der Waals surface area contributed by atoms with Crippen molar-refractivity contribution in [1.29, 1.82) is 0 Å². The summed E-state index contributed by atoms with van der Waals surface area (Å²) in [5, 5.41) is 3.00. The maximum Gasteiger partial charge on any atom is 0.234 e. The van der Waals surface area contributed by atoms with Crippen LogP contribution in [0, 0.1) is 0 Å². The highest BCUT2D eigenvalue weighted by Gasteiger charge is 2.32. The van der Waals surface area contributed by atoms with Gasteiger partial charge >= 0.3 is 0 Å². The number of fused-ring (bicyclic) bond motifs is 1. The van der Waals surface area contributed by atoms with Crippen molar-refractivity contribution in [1.82, 2.24) is 15.1 Å². The molecule has 2 aliphatic heterocycles. The molecule has 2 heterocycles. The molecule has 110 valence electrons. The van der Waals surface area contributed by atoms with Gasteiger partial charge in [-0.25, -0.2) is 0 Å². The van der Waals surface area contributed by atoms with Crippen molar-refractivity contribution in [3.63, 3.8) is 0 Å². The third kappa shape index (κ3) is 3.68. The van der Waals surface area contributed by atoms with Gasteiger partial charge in [0.05, 0.1) is 6.04 Å². The van der Waals surface area contributed by atoms with Crippen molar-refractivity contribution in [3.8, 4) is 0 Å². The van der Waals surface area contributed by atoms with Gasteiger partial charge in [-0.1, -0.05) is 6.42 Å². The second-order valence-electron chi connectivity index (χ2n) is 6.02. The van der Waals surface area contributed by atoms with E-state index in [0.29, 0.717) is 6.04 Å². The molecule has 3 atom stereocenters. The summed E-state index contributed by atoms with van der Waals surface area (Å²) in [7, 11) is 1.80. The van der Waals surface area contributed by atoms with E-state index in [4.69, 9.17) is 5.73 Å². The van der Waals surface area contributed by atoms with E-state index in [0.717, 1.165) is 25.6 Å². The third-order valence-electron chi connectivity index (χ3n) is 4.71. The van der Waals surface area contributed by atoms with Gasteiger partial charge in [0.1, 0.15) is 0 Å². The van der Waals surface area contributed by atoms with Crippen molar-refractivity contribution >= 4 is 5.91 Å². The lowest BCUT2D eigenvalue weighted by molar-refractivity contribution is -0.120. The van der Waals surface area contributed by atoms with Gasteiger partial charge in [0.25, 0.3) is 0 Å². The highest BCUT2D eigenvalue weighted by atomic mass is 16.1. The lowest BCUT2D eigenvalue weighted by Crippen LogP contribution is -2.59. The molecule has 2 fully saturated rings. The number of likely N-dealkylation sites (N-methyl/N-ethyl adjacent to an activating group) is 1. The molecule has 5 nitrogen and oxygen atoms in total. The summed E-state index contributed by atoms with van der Waals surface area (Å²) in [6.45, 7) is 6.84. The van der Waals surface area contributed by atoms with Gasteiger partial charge in [-0.2, -0.15) is 0 Å².